The van der Waals surface area contributed by atoms with Gasteiger partial charge in [-0.25, -0.2) is 0 Å². The summed E-state index contributed by atoms with van der Waals surface area (Å²) in [5.41, 5.74) is 1.16. The molecular weight excluding hydrogens is 463 g/mol. The summed E-state index contributed by atoms with van der Waals surface area (Å²) < 4.78 is 0. The number of amides is 3. The Kier molecular flexibility index (Phi) is 8.01. The van der Waals surface area contributed by atoms with E-state index in [1.165, 1.54) is 18.2 Å². The SMILES string of the molecule is O=C(CNC(=O)c1ccc(Cl)cc1Cl)NCC(=O)N1CCN(c2ccccc2Cl)CC1. The molecule has 10 heteroatoms. The van der Waals surface area contributed by atoms with Gasteiger partial charge in [0, 0.05) is 31.2 Å². The number of nitrogens with zero attached hydrogens (tertiary/aromatic N) is 2. The van der Waals surface area contributed by atoms with Gasteiger partial charge >= 0.3 is 0 Å². The van der Waals surface area contributed by atoms with Crippen molar-refractivity contribution in [3.05, 3.63) is 63.1 Å². The summed E-state index contributed by atoms with van der Waals surface area (Å²) in [6.45, 7) is 1.97. The smallest absolute Gasteiger partial charge is 0.253 e. The molecule has 0 spiro atoms. The molecule has 3 rings (SSSR count). The first-order chi connectivity index (χ1) is 14.8. The number of hydrogen-bond donors (Lipinski definition) is 2. The van der Waals surface area contributed by atoms with Gasteiger partial charge in [-0.3, -0.25) is 14.4 Å². The molecule has 1 aliphatic heterocycles. The molecule has 0 aromatic heterocycles. The highest BCUT2D eigenvalue weighted by Crippen LogP contribution is 2.26. The maximum absolute atomic E-state index is 12.4. The summed E-state index contributed by atoms with van der Waals surface area (Å²) in [6, 6.07) is 12.0. The fourth-order valence-electron chi connectivity index (χ4n) is 3.18. The minimum atomic E-state index is -0.501. The minimum absolute atomic E-state index is 0.136. The normalized spacial score (nSPS) is 13.6. The van der Waals surface area contributed by atoms with E-state index in [9.17, 15) is 14.4 Å². The van der Waals surface area contributed by atoms with E-state index in [0.29, 0.717) is 36.2 Å². The van der Waals surface area contributed by atoms with Gasteiger partial charge in [-0.1, -0.05) is 46.9 Å². The number of hydrogen-bond acceptors (Lipinski definition) is 4. The summed E-state index contributed by atoms with van der Waals surface area (Å²) in [6.07, 6.45) is 0. The lowest BCUT2D eigenvalue weighted by atomic mass is 10.2. The Morgan fingerprint density at radius 2 is 1.55 bits per heavy atom. The van der Waals surface area contributed by atoms with Crippen molar-refractivity contribution in [2.24, 2.45) is 0 Å². The monoisotopic (exact) mass is 482 g/mol. The molecule has 1 saturated heterocycles. The van der Waals surface area contributed by atoms with Gasteiger partial charge in [0.1, 0.15) is 0 Å². The van der Waals surface area contributed by atoms with Gasteiger partial charge in [-0.15, -0.1) is 0 Å². The van der Waals surface area contributed by atoms with Crippen molar-refractivity contribution < 1.29 is 14.4 Å². The van der Waals surface area contributed by atoms with Crippen LogP contribution in [0.15, 0.2) is 42.5 Å². The zero-order valence-corrected chi connectivity index (χ0v) is 18.8. The van der Waals surface area contributed by atoms with Gasteiger partial charge in [0.25, 0.3) is 5.91 Å². The number of benzene rings is 2. The standard InChI is InChI=1S/C21H21Cl3N4O3/c22-14-5-6-15(17(24)11-14)21(31)26-12-19(29)25-13-20(30)28-9-7-27(8-10-28)18-4-2-1-3-16(18)23/h1-6,11H,7-10,12-13H2,(H,25,29)(H,26,31). The number of rotatable bonds is 6. The summed E-state index contributed by atoms with van der Waals surface area (Å²) in [7, 11) is 0. The highest BCUT2D eigenvalue weighted by Gasteiger charge is 2.22. The Morgan fingerprint density at radius 1 is 0.839 bits per heavy atom. The lowest BCUT2D eigenvalue weighted by Gasteiger charge is -2.36. The third kappa shape index (κ3) is 6.26. The third-order valence-electron chi connectivity index (χ3n) is 4.85. The summed E-state index contributed by atoms with van der Waals surface area (Å²) in [4.78, 5) is 40.4. The van der Waals surface area contributed by atoms with Crippen LogP contribution in [0.3, 0.4) is 0 Å². The maximum Gasteiger partial charge on any atom is 0.253 e. The number of piperazine rings is 1. The molecule has 0 aliphatic carbocycles. The van der Waals surface area contributed by atoms with Crippen LogP contribution < -0.4 is 15.5 Å². The van der Waals surface area contributed by atoms with Crippen molar-refractivity contribution in [2.45, 2.75) is 0 Å². The lowest BCUT2D eigenvalue weighted by Crippen LogP contribution is -2.51. The Labute approximate surface area is 195 Å². The second-order valence-electron chi connectivity index (χ2n) is 6.90. The highest BCUT2D eigenvalue weighted by molar-refractivity contribution is 6.36. The van der Waals surface area contributed by atoms with Gasteiger partial charge in [0.15, 0.2) is 0 Å². The highest BCUT2D eigenvalue weighted by atomic mass is 35.5. The van der Waals surface area contributed by atoms with Crippen molar-refractivity contribution in [1.82, 2.24) is 15.5 Å². The average Bonchev–Trinajstić information content (AvgIpc) is 2.76. The van der Waals surface area contributed by atoms with Gasteiger partial charge in [-0.05, 0) is 30.3 Å². The van der Waals surface area contributed by atoms with Crippen molar-refractivity contribution in [1.29, 1.82) is 0 Å². The number of carbonyl (C=O) groups is 3. The Bertz CT molecular complexity index is 978. The predicted molar refractivity (Wildman–Crippen MR) is 122 cm³/mol. The fourth-order valence-corrected chi connectivity index (χ4v) is 3.93. The summed E-state index contributed by atoms with van der Waals surface area (Å²) in [5, 5.41) is 6.27. The lowest BCUT2D eigenvalue weighted by molar-refractivity contribution is -0.132. The molecule has 164 valence electrons. The van der Waals surface area contributed by atoms with Crippen LogP contribution in [0, 0.1) is 0 Å². The molecule has 1 aliphatic rings. The van der Waals surface area contributed by atoms with E-state index in [2.05, 4.69) is 15.5 Å². The largest absolute Gasteiger partial charge is 0.367 e. The fraction of sp³-hybridized carbons (Fsp3) is 0.286. The van der Waals surface area contributed by atoms with Crippen molar-refractivity contribution in [3.8, 4) is 0 Å². The number of nitrogens with one attached hydrogen (secondary N) is 2. The van der Waals surface area contributed by atoms with Gasteiger partial charge in [-0.2, -0.15) is 0 Å². The minimum Gasteiger partial charge on any atom is -0.367 e. The molecule has 1 fully saturated rings. The van der Waals surface area contributed by atoms with E-state index in [1.54, 1.807) is 4.90 Å². The second-order valence-corrected chi connectivity index (χ2v) is 8.15. The van der Waals surface area contributed by atoms with E-state index < -0.39 is 11.8 Å². The molecular formula is C21H21Cl3N4O3. The first kappa shape index (κ1) is 23.2. The molecule has 0 unspecified atom stereocenters. The van der Waals surface area contributed by atoms with Crippen LogP contribution >= 0.6 is 34.8 Å². The molecule has 31 heavy (non-hydrogen) atoms. The molecule has 2 N–H and O–H groups in total. The average molecular weight is 484 g/mol. The van der Waals surface area contributed by atoms with E-state index >= 15 is 0 Å². The molecule has 0 saturated carbocycles. The van der Waals surface area contributed by atoms with Gasteiger partial charge in [0.05, 0.1) is 34.4 Å². The third-order valence-corrected chi connectivity index (χ3v) is 5.71. The van der Waals surface area contributed by atoms with Crippen LogP contribution in [-0.2, 0) is 9.59 Å². The van der Waals surface area contributed by atoms with E-state index in [-0.39, 0.29) is 29.6 Å². The van der Waals surface area contributed by atoms with Gasteiger partial charge in [0.2, 0.25) is 11.8 Å². The molecule has 2 aromatic carbocycles. The number of carbonyl (C=O) groups excluding carboxylic acids is 3. The quantitative estimate of drug-likeness (QED) is 0.662. The zero-order valence-electron chi connectivity index (χ0n) is 16.5. The van der Waals surface area contributed by atoms with Crippen LogP contribution in [-0.4, -0.2) is 61.9 Å². The second kappa shape index (κ2) is 10.7. The van der Waals surface area contributed by atoms with Crippen molar-refractivity contribution in [3.63, 3.8) is 0 Å². The number of para-hydroxylation sites is 1. The molecule has 0 bridgehead atoms. The van der Waals surface area contributed by atoms with Crippen molar-refractivity contribution in [2.75, 3.05) is 44.2 Å². The van der Waals surface area contributed by atoms with E-state index in [4.69, 9.17) is 34.8 Å². The Morgan fingerprint density at radius 3 is 2.23 bits per heavy atom. The molecule has 0 atom stereocenters. The van der Waals surface area contributed by atoms with E-state index in [0.717, 1.165) is 5.69 Å². The maximum atomic E-state index is 12.4. The van der Waals surface area contributed by atoms with Crippen LogP contribution in [0.25, 0.3) is 0 Å². The van der Waals surface area contributed by atoms with Crippen LogP contribution in [0.5, 0.6) is 0 Å². The first-order valence-electron chi connectivity index (χ1n) is 9.62. The van der Waals surface area contributed by atoms with Crippen LogP contribution in [0.1, 0.15) is 10.4 Å². The zero-order chi connectivity index (χ0) is 22.4. The van der Waals surface area contributed by atoms with Gasteiger partial charge < -0.3 is 20.4 Å². The molecule has 7 nitrogen and oxygen atoms in total. The molecule has 3 amide bonds. The summed E-state index contributed by atoms with van der Waals surface area (Å²) in [5.74, 6) is -1.15. The first-order valence-corrected chi connectivity index (χ1v) is 10.8. The Balaban J connectivity index is 1.40. The molecule has 0 radical (unpaired) electrons. The number of halogens is 3. The summed E-state index contributed by atoms with van der Waals surface area (Å²) >= 11 is 18.0. The molecule has 1 heterocycles. The predicted octanol–water partition coefficient (Wildman–Crippen LogP) is 2.84. The van der Waals surface area contributed by atoms with Crippen LogP contribution in [0.2, 0.25) is 15.1 Å². The van der Waals surface area contributed by atoms with Crippen LogP contribution in [0.4, 0.5) is 5.69 Å². The Hall–Kier alpha value is -2.48. The van der Waals surface area contributed by atoms with Crippen molar-refractivity contribution >= 4 is 58.2 Å². The van der Waals surface area contributed by atoms with E-state index in [1.807, 2.05) is 24.3 Å². The molecule has 2 aromatic rings. The number of anilines is 1. The topological polar surface area (TPSA) is 81.8 Å².